The number of carbonyl (C=O) groups is 2. The van der Waals surface area contributed by atoms with Gasteiger partial charge in [0.1, 0.15) is 5.02 Å². The number of urea groups is 1. The predicted octanol–water partition coefficient (Wildman–Crippen LogP) is 2.17. The van der Waals surface area contributed by atoms with Crippen molar-refractivity contribution in [1.82, 2.24) is 25.3 Å². The van der Waals surface area contributed by atoms with Crippen molar-refractivity contribution < 1.29 is 9.59 Å². The molecule has 10 heteroatoms. The normalized spacial score (nSPS) is 17.5. The van der Waals surface area contributed by atoms with E-state index in [1.165, 1.54) is 11.1 Å². The Morgan fingerprint density at radius 1 is 1.03 bits per heavy atom. The molecule has 1 aromatic heterocycles. The second kappa shape index (κ2) is 10.8. The van der Waals surface area contributed by atoms with Crippen molar-refractivity contribution in [2.45, 2.75) is 38.1 Å². The summed E-state index contributed by atoms with van der Waals surface area (Å²) in [5, 5.41) is 9.74. The topological polar surface area (TPSA) is 99.6 Å². The average Bonchev–Trinajstić information content (AvgIpc) is 2.82. The summed E-state index contributed by atoms with van der Waals surface area (Å²) in [5.74, 6) is -0.318. The van der Waals surface area contributed by atoms with Crippen molar-refractivity contribution in [2.75, 3.05) is 37.6 Å². The largest absolute Gasteiger partial charge is 0.366 e. The first-order valence-corrected chi connectivity index (χ1v) is 11.8. The number of anilines is 1. The van der Waals surface area contributed by atoms with Gasteiger partial charge >= 0.3 is 6.03 Å². The highest BCUT2D eigenvalue weighted by atomic mass is 35.5. The minimum Gasteiger partial charge on any atom is -0.366 e. The molecular weight excluding hydrogens is 444 g/mol. The number of hydrogen-bond acceptors (Lipinski definition) is 6. The molecule has 1 aromatic carbocycles. The van der Waals surface area contributed by atoms with E-state index in [1.807, 2.05) is 28.0 Å². The zero-order valence-electron chi connectivity index (χ0n) is 18.5. The van der Waals surface area contributed by atoms with E-state index in [4.69, 9.17) is 11.6 Å². The van der Waals surface area contributed by atoms with Crippen LogP contribution in [0.4, 0.5) is 10.5 Å². The van der Waals surface area contributed by atoms with E-state index in [2.05, 4.69) is 15.7 Å². The van der Waals surface area contributed by atoms with Crippen LogP contribution < -0.4 is 21.1 Å². The summed E-state index contributed by atoms with van der Waals surface area (Å²) in [6.07, 6.45) is 6.98. The summed E-state index contributed by atoms with van der Waals surface area (Å²) in [4.78, 5) is 41.1. The molecule has 33 heavy (non-hydrogen) atoms. The standard InChI is InChI=1S/C23H29ClN6O3/c24-21-19(15-25-30(22(21)32)18-9-5-2-6-10-18)29-13-11-28(12-14-29)16-20(31)27-23(33)26-17-7-3-1-4-8-17/h2,5-6,9-10,15,17H,1,3-4,7-8,11-14,16H2,(H2,26,27,31,33). The summed E-state index contributed by atoms with van der Waals surface area (Å²) < 4.78 is 1.28. The van der Waals surface area contributed by atoms with Crippen LogP contribution in [0.15, 0.2) is 41.3 Å². The number of nitrogens with one attached hydrogen (secondary N) is 2. The van der Waals surface area contributed by atoms with Crippen LogP contribution in [0.25, 0.3) is 5.69 Å². The average molecular weight is 473 g/mol. The van der Waals surface area contributed by atoms with Crippen LogP contribution in [-0.2, 0) is 4.79 Å². The van der Waals surface area contributed by atoms with E-state index < -0.39 is 6.03 Å². The number of nitrogens with zero attached hydrogens (tertiary/aromatic N) is 4. The zero-order chi connectivity index (χ0) is 23.2. The van der Waals surface area contributed by atoms with Gasteiger partial charge in [0.25, 0.3) is 5.56 Å². The quantitative estimate of drug-likeness (QED) is 0.691. The zero-order valence-corrected chi connectivity index (χ0v) is 19.3. The van der Waals surface area contributed by atoms with Crippen LogP contribution in [-0.4, -0.2) is 65.4 Å². The van der Waals surface area contributed by atoms with E-state index in [-0.39, 0.29) is 29.1 Å². The molecule has 3 amide bonds. The maximum Gasteiger partial charge on any atom is 0.321 e. The second-order valence-corrected chi connectivity index (χ2v) is 8.89. The lowest BCUT2D eigenvalue weighted by atomic mass is 9.96. The molecule has 2 aromatic rings. The van der Waals surface area contributed by atoms with Gasteiger partial charge in [0.2, 0.25) is 5.91 Å². The number of aromatic nitrogens is 2. The van der Waals surface area contributed by atoms with E-state index in [0.717, 1.165) is 25.7 Å². The van der Waals surface area contributed by atoms with Gasteiger partial charge in [0.15, 0.2) is 0 Å². The first-order valence-electron chi connectivity index (χ1n) is 11.4. The van der Waals surface area contributed by atoms with Gasteiger partial charge in [0.05, 0.1) is 24.1 Å². The lowest BCUT2D eigenvalue weighted by Crippen LogP contribution is -2.52. The fourth-order valence-electron chi connectivity index (χ4n) is 4.38. The predicted molar refractivity (Wildman–Crippen MR) is 127 cm³/mol. The maximum absolute atomic E-state index is 12.7. The molecule has 9 nitrogen and oxygen atoms in total. The molecule has 0 radical (unpaired) electrons. The number of para-hydroxylation sites is 1. The van der Waals surface area contributed by atoms with E-state index in [0.29, 0.717) is 37.6 Å². The number of amides is 3. The lowest BCUT2D eigenvalue weighted by molar-refractivity contribution is -0.121. The summed E-state index contributed by atoms with van der Waals surface area (Å²) in [5.41, 5.74) is 0.871. The highest BCUT2D eigenvalue weighted by Crippen LogP contribution is 2.23. The van der Waals surface area contributed by atoms with Gasteiger partial charge in [0, 0.05) is 32.2 Å². The van der Waals surface area contributed by atoms with Crippen molar-refractivity contribution in [3.8, 4) is 5.69 Å². The molecule has 1 saturated carbocycles. The molecular formula is C23H29ClN6O3. The summed E-state index contributed by atoms with van der Waals surface area (Å²) in [6, 6.07) is 8.87. The van der Waals surface area contributed by atoms with Crippen molar-refractivity contribution in [3.05, 3.63) is 51.9 Å². The monoisotopic (exact) mass is 472 g/mol. The molecule has 0 atom stereocenters. The fraction of sp³-hybridized carbons (Fsp3) is 0.478. The second-order valence-electron chi connectivity index (χ2n) is 8.52. The van der Waals surface area contributed by atoms with Crippen molar-refractivity contribution in [2.24, 2.45) is 0 Å². The molecule has 1 aliphatic heterocycles. The Bertz CT molecular complexity index is 1030. The van der Waals surface area contributed by atoms with Crippen molar-refractivity contribution in [1.29, 1.82) is 0 Å². The third kappa shape index (κ3) is 5.91. The van der Waals surface area contributed by atoms with Crippen LogP contribution in [0.2, 0.25) is 5.02 Å². The van der Waals surface area contributed by atoms with E-state index in [1.54, 1.807) is 18.3 Å². The van der Waals surface area contributed by atoms with Crippen molar-refractivity contribution >= 4 is 29.2 Å². The Labute approximate surface area is 197 Å². The molecule has 1 saturated heterocycles. The van der Waals surface area contributed by atoms with Gasteiger partial charge in [-0.05, 0) is 25.0 Å². The fourth-order valence-corrected chi connectivity index (χ4v) is 4.63. The van der Waals surface area contributed by atoms with E-state index in [9.17, 15) is 14.4 Å². The lowest BCUT2D eigenvalue weighted by Gasteiger charge is -2.35. The molecule has 0 unspecified atom stereocenters. The molecule has 4 rings (SSSR count). The third-order valence-electron chi connectivity index (χ3n) is 6.17. The first kappa shape index (κ1) is 23.3. The Morgan fingerprint density at radius 2 is 1.73 bits per heavy atom. The molecule has 2 aliphatic rings. The molecule has 1 aliphatic carbocycles. The maximum atomic E-state index is 12.7. The molecule has 2 N–H and O–H groups in total. The molecule has 176 valence electrons. The van der Waals surface area contributed by atoms with Crippen LogP contribution in [0.1, 0.15) is 32.1 Å². The minimum atomic E-state index is -0.414. The van der Waals surface area contributed by atoms with Gasteiger partial charge in [-0.15, -0.1) is 0 Å². The van der Waals surface area contributed by atoms with Gasteiger partial charge in [-0.25, -0.2) is 4.79 Å². The number of imide groups is 1. The van der Waals surface area contributed by atoms with E-state index >= 15 is 0 Å². The third-order valence-corrected chi connectivity index (χ3v) is 6.53. The SMILES string of the molecule is O=C(CN1CCN(c2cnn(-c3ccccc3)c(=O)c2Cl)CC1)NC(=O)NC1CCCCC1. The van der Waals surface area contributed by atoms with Crippen molar-refractivity contribution in [3.63, 3.8) is 0 Å². The first-order chi connectivity index (χ1) is 16.0. The van der Waals surface area contributed by atoms with Crippen LogP contribution in [0.5, 0.6) is 0 Å². The molecule has 0 spiro atoms. The minimum absolute atomic E-state index is 0.124. The number of rotatable bonds is 5. The molecule has 2 fully saturated rings. The number of halogens is 1. The van der Waals surface area contributed by atoms with Crippen LogP contribution in [0, 0.1) is 0 Å². The van der Waals surface area contributed by atoms with Gasteiger partial charge < -0.3 is 10.2 Å². The molecule has 2 heterocycles. The number of benzene rings is 1. The summed E-state index contributed by atoms with van der Waals surface area (Å²) >= 11 is 6.40. The Morgan fingerprint density at radius 3 is 2.42 bits per heavy atom. The number of carbonyl (C=O) groups excluding carboxylic acids is 2. The number of hydrogen-bond donors (Lipinski definition) is 2. The van der Waals surface area contributed by atoms with Crippen LogP contribution >= 0.6 is 11.6 Å². The van der Waals surface area contributed by atoms with Gasteiger partial charge in [-0.2, -0.15) is 9.78 Å². The van der Waals surface area contributed by atoms with Crippen LogP contribution in [0.3, 0.4) is 0 Å². The Kier molecular flexibility index (Phi) is 7.61. The number of piperazine rings is 1. The summed E-state index contributed by atoms with van der Waals surface area (Å²) in [6.45, 7) is 2.55. The molecule has 0 bridgehead atoms. The highest BCUT2D eigenvalue weighted by Gasteiger charge is 2.24. The highest BCUT2D eigenvalue weighted by molar-refractivity contribution is 6.33. The Balaban J connectivity index is 1.28. The Hall–Kier alpha value is -2.91. The van der Waals surface area contributed by atoms with Gasteiger partial charge in [-0.1, -0.05) is 49.1 Å². The van der Waals surface area contributed by atoms with Gasteiger partial charge in [-0.3, -0.25) is 19.8 Å². The smallest absolute Gasteiger partial charge is 0.321 e. The summed E-state index contributed by atoms with van der Waals surface area (Å²) in [7, 11) is 0.